The van der Waals surface area contributed by atoms with Crippen molar-refractivity contribution in [1.29, 1.82) is 0 Å². The third-order valence-electron chi connectivity index (χ3n) is 1.96. The van der Waals surface area contributed by atoms with E-state index >= 15 is 0 Å². The van der Waals surface area contributed by atoms with E-state index in [4.69, 9.17) is 0 Å². The highest BCUT2D eigenvalue weighted by atomic mass is 16.2. The molecule has 17 heavy (non-hydrogen) atoms. The Labute approximate surface area is 102 Å². The molecule has 0 saturated heterocycles. The Kier molecular flexibility index (Phi) is 8.17. The molecule has 0 aromatic carbocycles. The number of rotatable bonds is 9. The van der Waals surface area contributed by atoms with Crippen molar-refractivity contribution in [3.8, 4) is 0 Å². The second kappa shape index (κ2) is 8.83. The molecule has 0 atom stereocenters. The van der Waals surface area contributed by atoms with Crippen molar-refractivity contribution in [2.45, 2.75) is 13.8 Å². The molecule has 0 spiro atoms. The summed E-state index contributed by atoms with van der Waals surface area (Å²) in [5.74, 6) is -0.300. The van der Waals surface area contributed by atoms with Gasteiger partial charge in [0.2, 0.25) is 5.91 Å². The first-order valence-corrected chi connectivity index (χ1v) is 5.58. The molecule has 0 aromatic heterocycles. The summed E-state index contributed by atoms with van der Waals surface area (Å²) in [7, 11) is 1.80. The number of hydrogen-bond donors (Lipinski definition) is 2. The number of ketones is 2. The molecule has 2 N–H and O–H groups in total. The third-order valence-corrected chi connectivity index (χ3v) is 1.96. The summed E-state index contributed by atoms with van der Waals surface area (Å²) in [6, 6.07) is 0. The largest absolute Gasteiger partial charge is 0.354 e. The normalized spacial score (nSPS) is 10.4. The Morgan fingerprint density at radius 2 is 1.47 bits per heavy atom. The lowest BCUT2D eigenvalue weighted by Gasteiger charge is -2.18. The Bertz CT molecular complexity index is 263. The van der Waals surface area contributed by atoms with Gasteiger partial charge in [-0.3, -0.25) is 19.3 Å². The van der Waals surface area contributed by atoms with Crippen molar-refractivity contribution in [3.63, 3.8) is 0 Å². The van der Waals surface area contributed by atoms with Gasteiger partial charge in [0.05, 0.1) is 19.6 Å². The second-order valence-corrected chi connectivity index (χ2v) is 4.00. The number of carbonyl (C=O) groups excluding carboxylic acids is 3. The van der Waals surface area contributed by atoms with Crippen LogP contribution in [0.15, 0.2) is 0 Å². The molecule has 0 radical (unpaired) electrons. The number of carbonyl (C=O) groups is 3. The van der Waals surface area contributed by atoms with Crippen LogP contribution >= 0.6 is 0 Å². The van der Waals surface area contributed by atoms with Crippen molar-refractivity contribution in [3.05, 3.63) is 0 Å². The minimum absolute atomic E-state index is 0.0609. The highest BCUT2D eigenvalue weighted by Crippen LogP contribution is 1.90. The Morgan fingerprint density at radius 3 is 1.88 bits per heavy atom. The quantitative estimate of drug-likeness (QED) is 0.497. The van der Waals surface area contributed by atoms with E-state index in [1.807, 2.05) is 0 Å². The highest BCUT2D eigenvalue weighted by molar-refractivity contribution is 5.83. The Hall–Kier alpha value is -1.27. The lowest BCUT2D eigenvalue weighted by molar-refractivity contribution is -0.125. The van der Waals surface area contributed by atoms with Crippen LogP contribution in [0.4, 0.5) is 0 Å². The van der Waals surface area contributed by atoms with Crippen LogP contribution in [-0.4, -0.2) is 62.1 Å². The molecule has 0 unspecified atom stereocenters. The van der Waals surface area contributed by atoms with Gasteiger partial charge in [0, 0.05) is 13.1 Å². The Balaban J connectivity index is 4.07. The van der Waals surface area contributed by atoms with E-state index in [2.05, 4.69) is 10.6 Å². The van der Waals surface area contributed by atoms with Crippen LogP contribution in [-0.2, 0) is 14.4 Å². The van der Waals surface area contributed by atoms with Crippen LogP contribution < -0.4 is 10.6 Å². The van der Waals surface area contributed by atoms with Gasteiger partial charge in [-0.1, -0.05) is 0 Å². The fourth-order valence-corrected chi connectivity index (χ4v) is 1.38. The molecule has 0 bridgehead atoms. The number of nitrogens with one attached hydrogen (secondary N) is 2. The monoisotopic (exact) mass is 243 g/mol. The van der Waals surface area contributed by atoms with Gasteiger partial charge in [0.25, 0.3) is 0 Å². The standard InChI is InChI=1S/C11H21N3O3/c1-9(15)6-14(7-10(2)16)8-11(17)13-5-4-12-3/h12H,4-8H2,1-3H3,(H,13,17). The smallest absolute Gasteiger partial charge is 0.234 e. The van der Waals surface area contributed by atoms with Crippen molar-refractivity contribution in [2.75, 3.05) is 39.8 Å². The lowest BCUT2D eigenvalue weighted by atomic mass is 10.3. The summed E-state index contributed by atoms with van der Waals surface area (Å²) in [5, 5.41) is 5.60. The van der Waals surface area contributed by atoms with Crippen LogP contribution in [0.3, 0.4) is 0 Å². The van der Waals surface area contributed by atoms with E-state index in [9.17, 15) is 14.4 Å². The topological polar surface area (TPSA) is 78.5 Å². The molecule has 6 nitrogen and oxygen atoms in total. The van der Waals surface area contributed by atoms with E-state index < -0.39 is 0 Å². The molecule has 0 aliphatic carbocycles. The van der Waals surface area contributed by atoms with E-state index in [-0.39, 0.29) is 37.1 Å². The molecule has 6 heteroatoms. The molecule has 0 heterocycles. The maximum atomic E-state index is 11.5. The Morgan fingerprint density at radius 1 is 0.941 bits per heavy atom. The number of amides is 1. The summed E-state index contributed by atoms with van der Waals surface area (Å²) in [6.07, 6.45) is 0. The predicted molar refractivity (Wildman–Crippen MR) is 64.7 cm³/mol. The molecule has 98 valence electrons. The number of Topliss-reactive ketones (excluding diaryl/α,β-unsaturated/α-hetero) is 2. The van der Waals surface area contributed by atoms with E-state index in [1.165, 1.54) is 13.8 Å². The van der Waals surface area contributed by atoms with Gasteiger partial charge in [0.15, 0.2) is 0 Å². The first-order chi connectivity index (χ1) is 7.95. The maximum Gasteiger partial charge on any atom is 0.234 e. The fraction of sp³-hybridized carbons (Fsp3) is 0.727. The van der Waals surface area contributed by atoms with Crippen LogP contribution in [0.25, 0.3) is 0 Å². The fourth-order valence-electron chi connectivity index (χ4n) is 1.38. The first kappa shape index (κ1) is 15.7. The predicted octanol–water partition coefficient (Wildman–Crippen LogP) is -1.20. The van der Waals surface area contributed by atoms with Crippen LogP contribution in [0.2, 0.25) is 0 Å². The summed E-state index contributed by atoms with van der Waals surface area (Å²) in [4.78, 5) is 35.0. The van der Waals surface area contributed by atoms with E-state index in [1.54, 1.807) is 11.9 Å². The maximum absolute atomic E-state index is 11.5. The number of likely N-dealkylation sites (N-methyl/N-ethyl adjacent to an activating group) is 1. The lowest BCUT2D eigenvalue weighted by Crippen LogP contribution is -2.42. The van der Waals surface area contributed by atoms with E-state index in [0.29, 0.717) is 13.1 Å². The summed E-state index contributed by atoms with van der Waals surface area (Å²) in [5.41, 5.74) is 0. The molecular formula is C11H21N3O3. The molecule has 0 aromatic rings. The van der Waals surface area contributed by atoms with Gasteiger partial charge < -0.3 is 10.6 Å². The van der Waals surface area contributed by atoms with Gasteiger partial charge in [0.1, 0.15) is 11.6 Å². The minimum atomic E-state index is -0.178. The van der Waals surface area contributed by atoms with Gasteiger partial charge in [-0.2, -0.15) is 0 Å². The molecule has 0 rings (SSSR count). The van der Waals surface area contributed by atoms with Gasteiger partial charge in [-0.15, -0.1) is 0 Å². The molecular weight excluding hydrogens is 222 g/mol. The molecule has 0 aliphatic rings. The van der Waals surface area contributed by atoms with Gasteiger partial charge >= 0.3 is 0 Å². The molecule has 0 aliphatic heterocycles. The van der Waals surface area contributed by atoms with Gasteiger partial charge in [-0.05, 0) is 20.9 Å². The SMILES string of the molecule is CNCCNC(=O)CN(CC(C)=O)CC(C)=O. The number of hydrogen-bond acceptors (Lipinski definition) is 5. The van der Waals surface area contributed by atoms with E-state index in [0.717, 1.165) is 0 Å². The first-order valence-electron chi connectivity index (χ1n) is 5.58. The zero-order valence-electron chi connectivity index (χ0n) is 10.7. The van der Waals surface area contributed by atoms with Crippen LogP contribution in [0.5, 0.6) is 0 Å². The van der Waals surface area contributed by atoms with Crippen molar-refractivity contribution >= 4 is 17.5 Å². The minimum Gasteiger partial charge on any atom is -0.354 e. The third kappa shape index (κ3) is 9.65. The summed E-state index contributed by atoms with van der Waals surface area (Å²) < 4.78 is 0. The second-order valence-electron chi connectivity index (χ2n) is 4.00. The van der Waals surface area contributed by atoms with Crippen molar-refractivity contribution in [1.82, 2.24) is 15.5 Å². The summed E-state index contributed by atoms with van der Waals surface area (Å²) in [6.45, 7) is 4.41. The molecule has 1 amide bonds. The summed E-state index contributed by atoms with van der Waals surface area (Å²) >= 11 is 0. The van der Waals surface area contributed by atoms with Gasteiger partial charge in [-0.25, -0.2) is 0 Å². The average Bonchev–Trinajstić information content (AvgIpc) is 2.15. The number of nitrogens with zero attached hydrogens (tertiary/aromatic N) is 1. The average molecular weight is 243 g/mol. The highest BCUT2D eigenvalue weighted by Gasteiger charge is 2.13. The zero-order valence-corrected chi connectivity index (χ0v) is 10.7. The van der Waals surface area contributed by atoms with Crippen molar-refractivity contribution in [2.24, 2.45) is 0 Å². The van der Waals surface area contributed by atoms with Crippen LogP contribution in [0, 0.1) is 0 Å². The zero-order chi connectivity index (χ0) is 13.3. The van der Waals surface area contributed by atoms with Crippen molar-refractivity contribution < 1.29 is 14.4 Å². The van der Waals surface area contributed by atoms with Crippen LogP contribution in [0.1, 0.15) is 13.8 Å². The molecule has 0 saturated carbocycles. The molecule has 0 fully saturated rings.